The Kier molecular flexibility index (Phi) is 4.90. The Morgan fingerprint density at radius 3 is 2.52 bits per heavy atom. The van der Waals surface area contributed by atoms with Crippen molar-refractivity contribution in [2.75, 3.05) is 10.6 Å². The SMILES string of the molecule is Cc1c(Cl)cccc1Nc1cnc(C(=O)Nc2ccc(F)cc2)cn1. The first-order valence-electron chi connectivity index (χ1n) is 7.44. The lowest BCUT2D eigenvalue weighted by atomic mass is 10.2. The van der Waals surface area contributed by atoms with E-state index in [4.69, 9.17) is 11.6 Å². The summed E-state index contributed by atoms with van der Waals surface area (Å²) in [6.45, 7) is 1.89. The largest absolute Gasteiger partial charge is 0.339 e. The molecule has 0 bridgehead atoms. The van der Waals surface area contributed by atoms with Crippen LogP contribution in [0.15, 0.2) is 54.9 Å². The standard InChI is InChI=1S/C18H14ClFN4O/c1-11-14(19)3-2-4-15(11)24-17-10-21-16(9-22-17)18(25)23-13-7-5-12(20)6-8-13/h2-10H,1H3,(H,22,24)(H,23,25). The van der Waals surface area contributed by atoms with Gasteiger partial charge < -0.3 is 10.6 Å². The van der Waals surface area contributed by atoms with Crippen LogP contribution < -0.4 is 10.6 Å². The van der Waals surface area contributed by atoms with Gasteiger partial charge in [0.15, 0.2) is 0 Å². The van der Waals surface area contributed by atoms with E-state index >= 15 is 0 Å². The van der Waals surface area contributed by atoms with Crippen molar-refractivity contribution >= 4 is 34.7 Å². The van der Waals surface area contributed by atoms with Gasteiger partial charge in [0.05, 0.1) is 12.4 Å². The first-order chi connectivity index (χ1) is 12.0. The second-order valence-corrected chi connectivity index (χ2v) is 5.69. The molecule has 0 aliphatic heterocycles. The minimum Gasteiger partial charge on any atom is -0.339 e. The van der Waals surface area contributed by atoms with Gasteiger partial charge in [-0.15, -0.1) is 0 Å². The quantitative estimate of drug-likeness (QED) is 0.718. The molecule has 3 aromatic rings. The first-order valence-corrected chi connectivity index (χ1v) is 7.82. The molecular weight excluding hydrogens is 343 g/mol. The molecule has 25 heavy (non-hydrogen) atoms. The minimum absolute atomic E-state index is 0.151. The number of rotatable bonds is 4. The molecule has 1 heterocycles. The number of carbonyl (C=O) groups excluding carboxylic acids is 1. The topological polar surface area (TPSA) is 66.9 Å². The lowest BCUT2D eigenvalue weighted by Crippen LogP contribution is -2.14. The number of benzene rings is 2. The summed E-state index contributed by atoms with van der Waals surface area (Å²) in [6.07, 6.45) is 2.82. The average molecular weight is 357 g/mol. The van der Waals surface area contributed by atoms with E-state index < -0.39 is 5.91 Å². The highest BCUT2D eigenvalue weighted by atomic mass is 35.5. The van der Waals surface area contributed by atoms with Crippen molar-refractivity contribution < 1.29 is 9.18 Å². The van der Waals surface area contributed by atoms with E-state index in [9.17, 15) is 9.18 Å². The summed E-state index contributed by atoms with van der Waals surface area (Å²) in [6, 6.07) is 11.0. The number of halogens is 2. The molecule has 0 aliphatic carbocycles. The van der Waals surface area contributed by atoms with Crippen LogP contribution in [0.5, 0.6) is 0 Å². The molecule has 0 unspecified atom stereocenters. The molecule has 1 amide bonds. The van der Waals surface area contributed by atoms with Crippen molar-refractivity contribution in [3.8, 4) is 0 Å². The summed E-state index contributed by atoms with van der Waals surface area (Å²) in [4.78, 5) is 20.4. The summed E-state index contributed by atoms with van der Waals surface area (Å²) in [5, 5.41) is 6.38. The predicted octanol–water partition coefficient (Wildman–Crippen LogP) is 4.57. The highest BCUT2D eigenvalue weighted by Crippen LogP contribution is 2.25. The average Bonchev–Trinajstić information content (AvgIpc) is 2.61. The second kappa shape index (κ2) is 7.27. The molecule has 0 fully saturated rings. The van der Waals surface area contributed by atoms with E-state index in [2.05, 4.69) is 20.6 Å². The van der Waals surface area contributed by atoms with Gasteiger partial charge in [0.2, 0.25) is 0 Å². The Balaban J connectivity index is 1.70. The molecule has 1 aromatic heterocycles. The fraction of sp³-hybridized carbons (Fsp3) is 0.0556. The van der Waals surface area contributed by atoms with E-state index in [1.807, 2.05) is 19.1 Å². The number of amides is 1. The third-order valence-electron chi connectivity index (χ3n) is 3.52. The summed E-state index contributed by atoms with van der Waals surface area (Å²) in [5.74, 6) is -0.308. The van der Waals surface area contributed by atoms with Crippen molar-refractivity contribution in [2.45, 2.75) is 6.92 Å². The summed E-state index contributed by atoms with van der Waals surface area (Å²) in [7, 11) is 0. The number of hydrogen-bond acceptors (Lipinski definition) is 4. The van der Waals surface area contributed by atoms with Gasteiger partial charge >= 0.3 is 0 Å². The molecule has 5 nitrogen and oxygen atoms in total. The van der Waals surface area contributed by atoms with Crippen LogP contribution in [-0.4, -0.2) is 15.9 Å². The van der Waals surface area contributed by atoms with Gasteiger partial charge in [-0.05, 0) is 48.9 Å². The number of hydrogen-bond donors (Lipinski definition) is 2. The lowest BCUT2D eigenvalue weighted by molar-refractivity contribution is 0.102. The van der Waals surface area contributed by atoms with Gasteiger partial charge in [0, 0.05) is 16.4 Å². The molecule has 2 aromatic carbocycles. The maximum Gasteiger partial charge on any atom is 0.275 e. The Morgan fingerprint density at radius 1 is 1.08 bits per heavy atom. The molecule has 7 heteroatoms. The van der Waals surface area contributed by atoms with Gasteiger partial charge in [-0.3, -0.25) is 4.79 Å². The van der Waals surface area contributed by atoms with Gasteiger partial charge in [0.1, 0.15) is 17.3 Å². The molecule has 0 radical (unpaired) electrons. The minimum atomic E-state index is -0.426. The maximum atomic E-state index is 12.9. The van der Waals surface area contributed by atoms with Gasteiger partial charge in [0.25, 0.3) is 5.91 Å². The van der Waals surface area contributed by atoms with Crippen molar-refractivity contribution in [1.29, 1.82) is 0 Å². The van der Waals surface area contributed by atoms with Crippen LogP contribution in [-0.2, 0) is 0 Å². The molecule has 3 rings (SSSR count). The van der Waals surface area contributed by atoms with Crippen molar-refractivity contribution in [1.82, 2.24) is 9.97 Å². The molecule has 126 valence electrons. The van der Waals surface area contributed by atoms with E-state index in [0.717, 1.165) is 11.3 Å². The zero-order valence-electron chi connectivity index (χ0n) is 13.3. The Bertz CT molecular complexity index is 898. The van der Waals surface area contributed by atoms with Crippen LogP contribution in [0.3, 0.4) is 0 Å². The molecule has 0 saturated carbocycles. The maximum absolute atomic E-state index is 12.9. The van der Waals surface area contributed by atoms with E-state index in [1.165, 1.54) is 36.7 Å². The van der Waals surface area contributed by atoms with Crippen LogP contribution >= 0.6 is 11.6 Å². The zero-order valence-corrected chi connectivity index (χ0v) is 14.0. The Labute approximate surface area is 148 Å². The van der Waals surface area contributed by atoms with Crippen LogP contribution in [0.2, 0.25) is 5.02 Å². The summed E-state index contributed by atoms with van der Waals surface area (Å²) < 4.78 is 12.9. The monoisotopic (exact) mass is 356 g/mol. The van der Waals surface area contributed by atoms with Gasteiger partial charge in [-0.25, -0.2) is 14.4 Å². The Hall–Kier alpha value is -2.99. The summed E-state index contributed by atoms with van der Waals surface area (Å²) in [5.41, 5.74) is 2.33. The van der Waals surface area contributed by atoms with Crippen molar-refractivity contribution in [3.63, 3.8) is 0 Å². The number of anilines is 3. The molecule has 0 atom stereocenters. The third-order valence-corrected chi connectivity index (χ3v) is 3.93. The van der Waals surface area contributed by atoms with Crippen molar-refractivity contribution in [2.24, 2.45) is 0 Å². The number of nitrogens with zero attached hydrogens (tertiary/aromatic N) is 2. The normalized spacial score (nSPS) is 10.4. The van der Waals surface area contributed by atoms with E-state index in [-0.39, 0.29) is 11.5 Å². The van der Waals surface area contributed by atoms with E-state index in [1.54, 1.807) is 6.07 Å². The molecular formula is C18H14ClFN4O. The Morgan fingerprint density at radius 2 is 1.84 bits per heavy atom. The molecule has 2 N–H and O–H groups in total. The van der Waals surface area contributed by atoms with Crippen molar-refractivity contribution in [3.05, 3.63) is 77.0 Å². The second-order valence-electron chi connectivity index (χ2n) is 5.29. The predicted molar refractivity (Wildman–Crippen MR) is 95.9 cm³/mol. The first kappa shape index (κ1) is 16.9. The summed E-state index contributed by atoms with van der Waals surface area (Å²) >= 11 is 6.08. The number of nitrogens with one attached hydrogen (secondary N) is 2. The highest BCUT2D eigenvalue weighted by Gasteiger charge is 2.09. The molecule has 0 spiro atoms. The fourth-order valence-electron chi connectivity index (χ4n) is 2.12. The van der Waals surface area contributed by atoms with E-state index in [0.29, 0.717) is 16.5 Å². The van der Waals surface area contributed by atoms with Crippen LogP contribution in [0.25, 0.3) is 0 Å². The molecule has 0 saturated heterocycles. The third kappa shape index (κ3) is 4.10. The molecule has 0 aliphatic rings. The van der Waals surface area contributed by atoms with Crippen LogP contribution in [0.4, 0.5) is 21.6 Å². The van der Waals surface area contributed by atoms with Gasteiger partial charge in [-0.2, -0.15) is 0 Å². The van der Waals surface area contributed by atoms with Crippen LogP contribution in [0, 0.1) is 12.7 Å². The van der Waals surface area contributed by atoms with Crippen LogP contribution in [0.1, 0.15) is 16.1 Å². The fourth-order valence-corrected chi connectivity index (χ4v) is 2.29. The number of carbonyl (C=O) groups is 1. The lowest BCUT2D eigenvalue weighted by Gasteiger charge is -2.10. The zero-order chi connectivity index (χ0) is 17.8. The highest BCUT2D eigenvalue weighted by molar-refractivity contribution is 6.31. The number of aromatic nitrogens is 2. The smallest absolute Gasteiger partial charge is 0.275 e. The van der Waals surface area contributed by atoms with Gasteiger partial charge in [-0.1, -0.05) is 17.7 Å².